The van der Waals surface area contributed by atoms with Crippen LogP contribution >= 0.6 is 22.7 Å². The second-order valence-corrected chi connectivity index (χ2v) is 18.3. The van der Waals surface area contributed by atoms with Crippen molar-refractivity contribution in [2.24, 2.45) is 0 Å². The molecule has 0 aliphatic heterocycles. The number of aromatic nitrogens is 3. The van der Waals surface area contributed by atoms with Crippen molar-refractivity contribution in [1.82, 2.24) is 13.7 Å². The quantitative estimate of drug-likeness (QED) is 0.147. The predicted molar refractivity (Wildman–Crippen MR) is 267 cm³/mol. The smallest absolute Gasteiger partial charge is 0.160 e. The Balaban J connectivity index is 0.935. The van der Waals surface area contributed by atoms with Gasteiger partial charge in [-0.05, 0) is 119 Å². The summed E-state index contributed by atoms with van der Waals surface area (Å²) in [5, 5.41) is 8.58. The van der Waals surface area contributed by atoms with Crippen LogP contribution in [0, 0.1) is 0 Å². The van der Waals surface area contributed by atoms with Crippen LogP contribution in [0.3, 0.4) is 0 Å². The summed E-state index contributed by atoms with van der Waals surface area (Å²) in [5.41, 5.74) is 14.1. The summed E-state index contributed by atoms with van der Waals surface area (Å²) >= 11 is 3.29. The van der Waals surface area contributed by atoms with Gasteiger partial charge in [-0.2, -0.15) is 0 Å². The number of carbonyl (C=O) groups is 1. The molecule has 296 valence electrons. The summed E-state index contributed by atoms with van der Waals surface area (Å²) in [6.07, 6.45) is 0.931. The molecule has 5 heterocycles. The van der Waals surface area contributed by atoms with Crippen LogP contribution in [0.1, 0.15) is 9.67 Å². The molecule has 0 saturated heterocycles. The van der Waals surface area contributed by atoms with Crippen molar-refractivity contribution in [2.75, 3.05) is 0 Å². The fourth-order valence-electron chi connectivity index (χ4n) is 9.76. The summed E-state index contributed by atoms with van der Waals surface area (Å²) in [4.78, 5) is 14.5. The van der Waals surface area contributed by atoms with Gasteiger partial charge in [0.05, 0.1) is 38.0 Å². The van der Waals surface area contributed by atoms with Crippen LogP contribution < -0.4 is 0 Å². The molecule has 0 fully saturated rings. The number of thiophene rings is 2. The molecule has 0 spiro atoms. The van der Waals surface area contributed by atoms with Crippen molar-refractivity contribution < 1.29 is 4.79 Å². The maximum absolute atomic E-state index is 11.5. The molecular formula is C57H35N3OS2. The van der Waals surface area contributed by atoms with Gasteiger partial charge in [0.25, 0.3) is 0 Å². The van der Waals surface area contributed by atoms with Crippen molar-refractivity contribution >= 4 is 94.4 Å². The average molecular weight is 842 g/mol. The van der Waals surface area contributed by atoms with Crippen molar-refractivity contribution in [3.63, 3.8) is 0 Å². The highest BCUT2D eigenvalue weighted by atomic mass is 32.1. The lowest BCUT2D eigenvalue weighted by Gasteiger charge is -2.10. The molecule has 13 rings (SSSR count). The van der Waals surface area contributed by atoms with Gasteiger partial charge in [-0.1, -0.05) is 109 Å². The van der Waals surface area contributed by atoms with E-state index in [1.165, 1.54) is 88.0 Å². The molecule has 0 aliphatic rings. The second-order valence-electron chi connectivity index (χ2n) is 16.1. The molecule has 6 heteroatoms. The lowest BCUT2D eigenvalue weighted by molar-refractivity contribution is 0.112. The van der Waals surface area contributed by atoms with Gasteiger partial charge in [-0.3, -0.25) is 4.79 Å². The maximum Gasteiger partial charge on any atom is 0.160 e. The van der Waals surface area contributed by atoms with Gasteiger partial charge in [0.15, 0.2) is 6.29 Å². The minimum atomic E-state index is 0.739. The van der Waals surface area contributed by atoms with Crippen LogP contribution in [0.5, 0.6) is 0 Å². The first-order valence-electron chi connectivity index (χ1n) is 21.1. The van der Waals surface area contributed by atoms with E-state index in [0.717, 1.165) is 48.3 Å². The number of fused-ring (bicyclic) bond motifs is 9. The molecule has 0 aliphatic carbocycles. The zero-order chi connectivity index (χ0) is 41.6. The minimum absolute atomic E-state index is 0.739. The highest BCUT2D eigenvalue weighted by Gasteiger charge is 2.18. The van der Waals surface area contributed by atoms with Crippen LogP contribution in [-0.2, 0) is 0 Å². The summed E-state index contributed by atoms with van der Waals surface area (Å²) in [5.74, 6) is 0. The Hall–Kier alpha value is -7.77. The van der Waals surface area contributed by atoms with E-state index in [2.05, 4.69) is 208 Å². The summed E-state index contributed by atoms with van der Waals surface area (Å²) < 4.78 is 7.14. The lowest BCUT2D eigenvalue weighted by Crippen LogP contribution is -1.93. The summed E-state index contributed by atoms with van der Waals surface area (Å²) in [7, 11) is 0. The third kappa shape index (κ3) is 5.62. The van der Waals surface area contributed by atoms with E-state index in [9.17, 15) is 4.79 Å². The van der Waals surface area contributed by atoms with Crippen LogP contribution in [0.2, 0.25) is 0 Å². The van der Waals surface area contributed by atoms with Crippen LogP contribution in [0.25, 0.3) is 114 Å². The molecule has 0 bridgehead atoms. The zero-order valence-electron chi connectivity index (χ0n) is 33.8. The molecule has 0 atom stereocenters. The topological polar surface area (TPSA) is 31.9 Å². The molecule has 0 radical (unpaired) electrons. The number of para-hydroxylation sites is 4. The SMILES string of the molecule is O=Cc1ccc(-c2ccc(-n3c4ccc(-c5ccc(-n6c7ccccc7c7ccccc76)cc5)cc4c4cc(-c5ccc(-n6c7ccccc7c7ccccc76)cc5)ccc43)s2)s1. The van der Waals surface area contributed by atoms with Crippen LogP contribution in [0.15, 0.2) is 206 Å². The van der Waals surface area contributed by atoms with E-state index < -0.39 is 0 Å². The van der Waals surface area contributed by atoms with Gasteiger partial charge in [-0.25, -0.2) is 0 Å². The number of hydrogen-bond acceptors (Lipinski definition) is 3. The Morgan fingerprint density at radius 1 is 0.317 bits per heavy atom. The first-order valence-corrected chi connectivity index (χ1v) is 22.7. The predicted octanol–water partition coefficient (Wildman–Crippen LogP) is 15.9. The number of benzene rings is 8. The monoisotopic (exact) mass is 841 g/mol. The molecule has 0 N–H and O–H groups in total. The molecule has 0 saturated carbocycles. The third-order valence-corrected chi connectivity index (χ3v) is 14.9. The largest absolute Gasteiger partial charge is 0.309 e. The fraction of sp³-hybridized carbons (Fsp3) is 0. The van der Waals surface area contributed by atoms with E-state index in [-0.39, 0.29) is 0 Å². The van der Waals surface area contributed by atoms with Crippen molar-refractivity contribution in [2.45, 2.75) is 0 Å². The normalized spacial score (nSPS) is 11.9. The second kappa shape index (κ2) is 14.1. The van der Waals surface area contributed by atoms with Crippen LogP contribution in [-0.4, -0.2) is 20.0 Å². The molecule has 0 unspecified atom stereocenters. The summed E-state index contributed by atoms with van der Waals surface area (Å²) in [6, 6.07) is 74.8. The van der Waals surface area contributed by atoms with Crippen LogP contribution in [0.4, 0.5) is 0 Å². The Morgan fingerprint density at radius 3 is 1.13 bits per heavy atom. The Labute approximate surface area is 370 Å². The average Bonchev–Trinajstić information content (AvgIpc) is 4.19. The van der Waals surface area contributed by atoms with E-state index in [1.807, 2.05) is 12.1 Å². The molecule has 4 nitrogen and oxygen atoms in total. The van der Waals surface area contributed by atoms with Crippen molar-refractivity contribution in [3.8, 4) is 48.4 Å². The number of rotatable bonds is 7. The van der Waals surface area contributed by atoms with E-state index in [4.69, 9.17) is 0 Å². The van der Waals surface area contributed by atoms with Gasteiger partial charge in [0, 0.05) is 53.4 Å². The first-order chi connectivity index (χ1) is 31.2. The molecule has 63 heavy (non-hydrogen) atoms. The molecule has 13 aromatic rings. The van der Waals surface area contributed by atoms with Gasteiger partial charge >= 0.3 is 0 Å². The summed E-state index contributed by atoms with van der Waals surface area (Å²) in [6.45, 7) is 0. The number of carbonyl (C=O) groups excluding carboxylic acids is 1. The Morgan fingerprint density at radius 2 is 0.698 bits per heavy atom. The fourth-order valence-corrected chi connectivity index (χ4v) is 11.7. The minimum Gasteiger partial charge on any atom is -0.309 e. The highest BCUT2D eigenvalue weighted by Crippen LogP contribution is 2.42. The lowest BCUT2D eigenvalue weighted by atomic mass is 10.00. The van der Waals surface area contributed by atoms with Crippen molar-refractivity contribution in [1.29, 1.82) is 0 Å². The maximum atomic E-state index is 11.5. The third-order valence-electron chi connectivity index (χ3n) is 12.6. The Bertz CT molecular complexity index is 3610. The number of aldehydes is 1. The number of nitrogens with zero attached hydrogens (tertiary/aromatic N) is 3. The van der Waals surface area contributed by atoms with Gasteiger partial charge in [-0.15, -0.1) is 22.7 Å². The van der Waals surface area contributed by atoms with E-state index >= 15 is 0 Å². The highest BCUT2D eigenvalue weighted by molar-refractivity contribution is 7.24. The van der Waals surface area contributed by atoms with Crippen molar-refractivity contribution in [3.05, 3.63) is 211 Å². The molecular weight excluding hydrogens is 807 g/mol. The van der Waals surface area contributed by atoms with Gasteiger partial charge < -0.3 is 13.7 Å². The standard InChI is InChI=1S/C57H35N3OS2/c61-35-42-27-30-55(62-42)56-31-32-57(63-56)60-53-28-21-38(36-17-23-40(24-18-36)58-49-13-5-1-9-43(49)44-10-2-6-14-50(44)58)33-47(53)48-34-39(22-29-54(48)60)37-19-25-41(26-20-37)59-51-15-7-3-11-45(51)46-12-4-8-16-52(46)59/h1-35H. The van der Waals surface area contributed by atoms with E-state index in [0.29, 0.717) is 0 Å². The van der Waals surface area contributed by atoms with E-state index in [1.54, 1.807) is 11.3 Å². The molecule has 8 aromatic carbocycles. The molecule has 5 aromatic heterocycles. The zero-order valence-corrected chi connectivity index (χ0v) is 35.4. The molecule has 0 amide bonds. The van der Waals surface area contributed by atoms with Gasteiger partial charge in [0.2, 0.25) is 0 Å². The number of hydrogen-bond donors (Lipinski definition) is 0. The van der Waals surface area contributed by atoms with Gasteiger partial charge in [0.1, 0.15) is 5.00 Å². The Kier molecular flexibility index (Phi) is 8.07. The first kappa shape index (κ1) is 35.9.